The Labute approximate surface area is 85.5 Å². The minimum Gasteiger partial charge on any atom is -0.302 e. The zero-order valence-corrected chi connectivity index (χ0v) is 8.76. The Morgan fingerprint density at radius 2 is 2.31 bits per heavy atom. The van der Waals surface area contributed by atoms with Gasteiger partial charge in [-0.3, -0.25) is 0 Å². The Morgan fingerprint density at radius 1 is 1.46 bits per heavy atom. The standard InChI is InChI=1S/C10H17ClN2/c11-8-10-4-1-2-6-13(9-10)7-3-5-12/h10H,1-4,6-9H2. The van der Waals surface area contributed by atoms with Gasteiger partial charge in [0.1, 0.15) is 0 Å². The first-order valence-electron chi connectivity index (χ1n) is 5.02. The molecule has 1 aliphatic rings. The molecule has 74 valence electrons. The number of nitriles is 1. The Bertz CT molecular complexity index is 176. The van der Waals surface area contributed by atoms with E-state index in [0.717, 1.165) is 25.5 Å². The van der Waals surface area contributed by atoms with E-state index in [2.05, 4.69) is 11.0 Å². The number of hydrogen-bond donors (Lipinski definition) is 0. The van der Waals surface area contributed by atoms with Crippen LogP contribution in [0.2, 0.25) is 0 Å². The predicted molar refractivity (Wildman–Crippen MR) is 54.7 cm³/mol. The Hall–Kier alpha value is -0.260. The summed E-state index contributed by atoms with van der Waals surface area (Å²) in [4.78, 5) is 2.38. The summed E-state index contributed by atoms with van der Waals surface area (Å²) in [5, 5.41) is 8.49. The SMILES string of the molecule is N#CCCN1CCCCC(CCl)C1. The lowest BCUT2D eigenvalue weighted by atomic mass is 10.1. The van der Waals surface area contributed by atoms with Gasteiger partial charge in [0.05, 0.1) is 6.07 Å². The van der Waals surface area contributed by atoms with Gasteiger partial charge in [0, 0.05) is 25.4 Å². The normalized spacial score (nSPS) is 25.1. The van der Waals surface area contributed by atoms with Crippen LogP contribution < -0.4 is 0 Å². The van der Waals surface area contributed by atoms with Crippen LogP contribution in [0.4, 0.5) is 0 Å². The summed E-state index contributed by atoms with van der Waals surface area (Å²) < 4.78 is 0. The largest absolute Gasteiger partial charge is 0.302 e. The van der Waals surface area contributed by atoms with Gasteiger partial charge in [-0.15, -0.1) is 11.6 Å². The molecule has 0 radical (unpaired) electrons. The molecule has 1 saturated heterocycles. The van der Waals surface area contributed by atoms with E-state index in [4.69, 9.17) is 16.9 Å². The zero-order chi connectivity index (χ0) is 9.52. The van der Waals surface area contributed by atoms with Crippen molar-refractivity contribution in [1.82, 2.24) is 4.90 Å². The average molecular weight is 201 g/mol. The van der Waals surface area contributed by atoms with Gasteiger partial charge in [-0.1, -0.05) is 6.42 Å². The second kappa shape index (κ2) is 6.23. The summed E-state index contributed by atoms with van der Waals surface area (Å²) in [6, 6.07) is 2.19. The Morgan fingerprint density at radius 3 is 3.00 bits per heavy atom. The number of hydrogen-bond acceptors (Lipinski definition) is 2. The molecule has 0 aromatic carbocycles. The van der Waals surface area contributed by atoms with Crippen molar-refractivity contribution in [2.75, 3.05) is 25.5 Å². The molecule has 1 rings (SSSR count). The van der Waals surface area contributed by atoms with Crippen LogP contribution in [0.5, 0.6) is 0 Å². The first kappa shape index (κ1) is 10.8. The van der Waals surface area contributed by atoms with Crippen LogP contribution in [-0.2, 0) is 0 Å². The number of nitrogens with zero attached hydrogens (tertiary/aromatic N) is 2. The summed E-state index contributed by atoms with van der Waals surface area (Å²) in [6.45, 7) is 3.16. The molecule has 0 spiro atoms. The van der Waals surface area contributed by atoms with Gasteiger partial charge in [0.2, 0.25) is 0 Å². The van der Waals surface area contributed by atoms with Gasteiger partial charge >= 0.3 is 0 Å². The van der Waals surface area contributed by atoms with E-state index >= 15 is 0 Å². The number of likely N-dealkylation sites (tertiary alicyclic amines) is 1. The fraction of sp³-hybridized carbons (Fsp3) is 0.900. The van der Waals surface area contributed by atoms with Crippen molar-refractivity contribution in [3.63, 3.8) is 0 Å². The quantitative estimate of drug-likeness (QED) is 0.654. The molecule has 13 heavy (non-hydrogen) atoms. The maximum atomic E-state index is 8.49. The average Bonchev–Trinajstić information content (AvgIpc) is 2.39. The molecule has 2 nitrogen and oxygen atoms in total. The molecule has 1 atom stereocenters. The summed E-state index contributed by atoms with van der Waals surface area (Å²) >= 11 is 5.86. The molecule has 1 aliphatic heterocycles. The highest BCUT2D eigenvalue weighted by atomic mass is 35.5. The second-order valence-corrected chi connectivity index (χ2v) is 4.03. The third-order valence-corrected chi connectivity index (χ3v) is 3.05. The maximum absolute atomic E-state index is 8.49. The van der Waals surface area contributed by atoms with Crippen molar-refractivity contribution in [2.45, 2.75) is 25.7 Å². The van der Waals surface area contributed by atoms with Gasteiger partial charge in [-0.25, -0.2) is 0 Å². The monoisotopic (exact) mass is 200 g/mol. The predicted octanol–water partition coefficient (Wildman–Crippen LogP) is 2.24. The van der Waals surface area contributed by atoms with Gasteiger partial charge in [0.25, 0.3) is 0 Å². The minimum absolute atomic E-state index is 0.642. The van der Waals surface area contributed by atoms with E-state index < -0.39 is 0 Å². The summed E-state index contributed by atoms with van der Waals surface area (Å²) in [7, 11) is 0. The molecule has 0 saturated carbocycles. The molecular formula is C10H17ClN2. The molecule has 0 aromatic heterocycles. The molecular weight excluding hydrogens is 184 g/mol. The molecule has 0 aliphatic carbocycles. The number of halogens is 1. The zero-order valence-electron chi connectivity index (χ0n) is 8.01. The number of alkyl halides is 1. The number of rotatable bonds is 3. The molecule has 1 fully saturated rings. The molecule has 0 aromatic rings. The van der Waals surface area contributed by atoms with E-state index in [1.807, 2.05) is 0 Å². The molecule has 1 unspecified atom stereocenters. The van der Waals surface area contributed by atoms with Crippen LogP contribution in [0, 0.1) is 17.2 Å². The molecule has 3 heteroatoms. The second-order valence-electron chi connectivity index (χ2n) is 3.72. The highest BCUT2D eigenvalue weighted by Crippen LogP contribution is 2.17. The molecule has 0 amide bonds. The van der Waals surface area contributed by atoms with Crippen molar-refractivity contribution < 1.29 is 0 Å². The van der Waals surface area contributed by atoms with Crippen molar-refractivity contribution in [3.8, 4) is 6.07 Å². The highest BCUT2D eigenvalue weighted by Gasteiger charge is 2.16. The highest BCUT2D eigenvalue weighted by molar-refractivity contribution is 6.18. The van der Waals surface area contributed by atoms with E-state index in [1.54, 1.807) is 0 Å². The topological polar surface area (TPSA) is 27.0 Å². The van der Waals surface area contributed by atoms with E-state index in [-0.39, 0.29) is 0 Å². The fourth-order valence-corrected chi connectivity index (χ4v) is 2.11. The van der Waals surface area contributed by atoms with E-state index in [9.17, 15) is 0 Å². The lowest BCUT2D eigenvalue weighted by molar-refractivity contribution is 0.263. The van der Waals surface area contributed by atoms with Gasteiger partial charge in [-0.05, 0) is 25.3 Å². The molecule has 1 heterocycles. The van der Waals surface area contributed by atoms with Gasteiger partial charge in [-0.2, -0.15) is 5.26 Å². The van der Waals surface area contributed by atoms with Crippen molar-refractivity contribution in [3.05, 3.63) is 0 Å². The lowest BCUT2D eigenvalue weighted by Gasteiger charge is -2.21. The van der Waals surface area contributed by atoms with Crippen LogP contribution in [0.1, 0.15) is 25.7 Å². The van der Waals surface area contributed by atoms with E-state index in [1.165, 1.54) is 19.3 Å². The van der Waals surface area contributed by atoms with Crippen LogP contribution in [0.15, 0.2) is 0 Å². The molecule has 0 N–H and O–H groups in total. The van der Waals surface area contributed by atoms with Crippen LogP contribution in [0.25, 0.3) is 0 Å². The van der Waals surface area contributed by atoms with Gasteiger partial charge < -0.3 is 4.90 Å². The first-order valence-corrected chi connectivity index (χ1v) is 5.55. The van der Waals surface area contributed by atoms with Gasteiger partial charge in [0.15, 0.2) is 0 Å². The minimum atomic E-state index is 0.642. The van der Waals surface area contributed by atoms with Crippen LogP contribution in [-0.4, -0.2) is 30.4 Å². The Balaban J connectivity index is 2.31. The smallest absolute Gasteiger partial charge is 0.0635 e. The van der Waals surface area contributed by atoms with E-state index in [0.29, 0.717) is 12.3 Å². The van der Waals surface area contributed by atoms with Crippen molar-refractivity contribution >= 4 is 11.6 Å². The maximum Gasteiger partial charge on any atom is 0.0635 e. The Kier molecular flexibility index (Phi) is 5.19. The van der Waals surface area contributed by atoms with Crippen molar-refractivity contribution in [1.29, 1.82) is 5.26 Å². The first-order chi connectivity index (χ1) is 6.36. The van der Waals surface area contributed by atoms with Crippen molar-refractivity contribution in [2.24, 2.45) is 5.92 Å². The molecule has 0 bridgehead atoms. The summed E-state index contributed by atoms with van der Waals surface area (Å²) in [6.07, 6.45) is 4.46. The summed E-state index contributed by atoms with van der Waals surface area (Å²) in [5.74, 6) is 1.41. The van der Waals surface area contributed by atoms with Crippen LogP contribution in [0.3, 0.4) is 0 Å². The fourth-order valence-electron chi connectivity index (χ4n) is 1.85. The van der Waals surface area contributed by atoms with Crippen LogP contribution >= 0.6 is 11.6 Å². The lowest BCUT2D eigenvalue weighted by Crippen LogP contribution is -2.29. The third-order valence-electron chi connectivity index (χ3n) is 2.61. The summed E-state index contributed by atoms with van der Waals surface area (Å²) in [5.41, 5.74) is 0. The third kappa shape index (κ3) is 3.97.